The van der Waals surface area contributed by atoms with Gasteiger partial charge in [-0.15, -0.1) is 0 Å². The Morgan fingerprint density at radius 3 is 2.13 bits per heavy atom. The Labute approximate surface area is 90.3 Å². The van der Waals surface area contributed by atoms with Crippen molar-refractivity contribution in [2.24, 2.45) is 11.8 Å². The van der Waals surface area contributed by atoms with Gasteiger partial charge >= 0.3 is 11.9 Å². The van der Waals surface area contributed by atoms with Gasteiger partial charge in [-0.3, -0.25) is 9.59 Å². The summed E-state index contributed by atoms with van der Waals surface area (Å²) in [6.45, 7) is 3.80. The van der Waals surface area contributed by atoms with Crippen molar-refractivity contribution >= 4 is 11.9 Å². The molecule has 0 saturated heterocycles. The highest BCUT2D eigenvalue weighted by molar-refractivity contribution is 5.72. The smallest absolute Gasteiger partial charge is 0.306 e. The Bertz CT molecular complexity index is 213. The third-order valence-electron chi connectivity index (χ3n) is 2.69. The summed E-state index contributed by atoms with van der Waals surface area (Å²) in [5.74, 6) is -2.53. The minimum Gasteiger partial charge on any atom is -0.481 e. The minimum atomic E-state index is -0.907. The van der Waals surface area contributed by atoms with Gasteiger partial charge in [0.05, 0.1) is 5.92 Å². The van der Waals surface area contributed by atoms with Crippen LogP contribution in [0.25, 0.3) is 0 Å². The zero-order valence-electron chi connectivity index (χ0n) is 9.40. The van der Waals surface area contributed by atoms with Crippen molar-refractivity contribution in [2.45, 2.75) is 46.0 Å². The lowest BCUT2D eigenvalue weighted by molar-refractivity contribution is -0.145. The Morgan fingerprint density at radius 1 is 1.20 bits per heavy atom. The molecule has 88 valence electrons. The second-order valence-electron chi connectivity index (χ2n) is 3.85. The van der Waals surface area contributed by atoms with E-state index in [1.54, 1.807) is 6.92 Å². The summed E-state index contributed by atoms with van der Waals surface area (Å²) in [5, 5.41) is 17.7. The van der Waals surface area contributed by atoms with Gasteiger partial charge in [0.25, 0.3) is 0 Å². The third kappa shape index (κ3) is 5.40. The van der Waals surface area contributed by atoms with Gasteiger partial charge in [0.2, 0.25) is 0 Å². The van der Waals surface area contributed by atoms with Crippen LogP contribution in [0.2, 0.25) is 0 Å². The minimum absolute atomic E-state index is 0.0369. The quantitative estimate of drug-likeness (QED) is 0.653. The summed E-state index contributed by atoms with van der Waals surface area (Å²) in [7, 11) is 0. The maximum atomic E-state index is 10.9. The largest absolute Gasteiger partial charge is 0.481 e. The molecule has 0 aromatic carbocycles. The normalized spacial score (nSPS) is 14.5. The molecule has 2 unspecified atom stereocenters. The van der Waals surface area contributed by atoms with Crippen molar-refractivity contribution in [3.05, 3.63) is 0 Å². The Hall–Kier alpha value is -1.06. The van der Waals surface area contributed by atoms with E-state index in [0.717, 1.165) is 12.8 Å². The van der Waals surface area contributed by atoms with E-state index in [1.165, 1.54) is 0 Å². The van der Waals surface area contributed by atoms with Crippen LogP contribution in [0.4, 0.5) is 0 Å². The topological polar surface area (TPSA) is 74.6 Å². The molecule has 0 rings (SSSR count). The summed E-state index contributed by atoms with van der Waals surface area (Å²) in [4.78, 5) is 21.5. The molecule has 0 aliphatic carbocycles. The van der Waals surface area contributed by atoms with Gasteiger partial charge < -0.3 is 10.2 Å². The lowest BCUT2D eigenvalue weighted by atomic mass is 9.84. The molecule has 2 atom stereocenters. The van der Waals surface area contributed by atoms with Gasteiger partial charge in [-0.05, 0) is 18.8 Å². The fraction of sp³-hybridized carbons (Fsp3) is 0.818. The SMILES string of the molecule is CCCCC(CC(=O)O)C(CC)C(=O)O. The number of carboxylic acid groups (broad SMARTS) is 2. The Balaban J connectivity index is 4.42. The number of hydrogen-bond donors (Lipinski definition) is 2. The molecule has 0 heterocycles. The first-order valence-corrected chi connectivity index (χ1v) is 5.47. The van der Waals surface area contributed by atoms with E-state index in [2.05, 4.69) is 0 Å². The number of aliphatic carboxylic acids is 2. The first kappa shape index (κ1) is 13.9. The van der Waals surface area contributed by atoms with Crippen LogP contribution in [0.1, 0.15) is 46.0 Å². The summed E-state index contributed by atoms with van der Waals surface area (Å²) in [6, 6.07) is 0. The summed E-state index contributed by atoms with van der Waals surface area (Å²) < 4.78 is 0. The first-order chi connectivity index (χ1) is 7.02. The summed E-state index contributed by atoms with van der Waals surface area (Å²) >= 11 is 0. The van der Waals surface area contributed by atoms with Crippen LogP contribution < -0.4 is 0 Å². The average molecular weight is 216 g/mol. The van der Waals surface area contributed by atoms with Gasteiger partial charge in [0.1, 0.15) is 0 Å². The molecule has 0 spiro atoms. The van der Waals surface area contributed by atoms with E-state index in [-0.39, 0.29) is 12.3 Å². The van der Waals surface area contributed by atoms with Crippen LogP contribution in [-0.4, -0.2) is 22.2 Å². The van der Waals surface area contributed by atoms with Gasteiger partial charge in [0.15, 0.2) is 0 Å². The predicted molar refractivity (Wildman–Crippen MR) is 56.7 cm³/mol. The van der Waals surface area contributed by atoms with Crippen molar-refractivity contribution in [3.63, 3.8) is 0 Å². The molecule has 0 bridgehead atoms. The van der Waals surface area contributed by atoms with E-state index in [0.29, 0.717) is 12.8 Å². The molecule has 0 saturated carbocycles. The van der Waals surface area contributed by atoms with E-state index >= 15 is 0 Å². The van der Waals surface area contributed by atoms with Crippen molar-refractivity contribution in [2.75, 3.05) is 0 Å². The molecule has 4 nitrogen and oxygen atoms in total. The molecule has 0 aromatic heterocycles. The molecule has 4 heteroatoms. The average Bonchev–Trinajstić information content (AvgIpc) is 2.13. The third-order valence-corrected chi connectivity index (χ3v) is 2.69. The Kier molecular flexibility index (Phi) is 6.75. The van der Waals surface area contributed by atoms with Crippen LogP contribution in [0.5, 0.6) is 0 Å². The highest BCUT2D eigenvalue weighted by Crippen LogP contribution is 2.25. The second kappa shape index (κ2) is 7.26. The van der Waals surface area contributed by atoms with E-state index in [4.69, 9.17) is 10.2 Å². The molecule has 0 radical (unpaired) electrons. The molecule has 15 heavy (non-hydrogen) atoms. The van der Waals surface area contributed by atoms with Crippen molar-refractivity contribution in [1.29, 1.82) is 0 Å². The predicted octanol–water partition coefficient (Wildman–Crippen LogP) is 2.38. The lowest BCUT2D eigenvalue weighted by Gasteiger charge is -2.20. The molecular weight excluding hydrogens is 196 g/mol. The molecule has 0 aromatic rings. The van der Waals surface area contributed by atoms with Crippen LogP contribution in [0.15, 0.2) is 0 Å². The fourth-order valence-corrected chi connectivity index (χ4v) is 1.85. The second-order valence-corrected chi connectivity index (χ2v) is 3.85. The number of carboxylic acids is 2. The first-order valence-electron chi connectivity index (χ1n) is 5.47. The van der Waals surface area contributed by atoms with Gasteiger partial charge in [-0.1, -0.05) is 26.7 Å². The van der Waals surface area contributed by atoms with Crippen molar-refractivity contribution in [3.8, 4) is 0 Å². The monoisotopic (exact) mass is 216 g/mol. The molecule has 0 fully saturated rings. The van der Waals surface area contributed by atoms with Gasteiger partial charge in [0, 0.05) is 6.42 Å². The molecule has 0 aliphatic rings. The molecule has 0 aliphatic heterocycles. The van der Waals surface area contributed by atoms with Gasteiger partial charge in [-0.2, -0.15) is 0 Å². The van der Waals surface area contributed by atoms with Crippen molar-refractivity contribution < 1.29 is 19.8 Å². The number of unbranched alkanes of at least 4 members (excludes halogenated alkanes) is 1. The summed E-state index contributed by atoms with van der Waals surface area (Å²) in [6.07, 6.45) is 3.00. The zero-order chi connectivity index (χ0) is 11.8. The van der Waals surface area contributed by atoms with E-state index in [1.807, 2.05) is 6.92 Å². The fourth-order valence-electron chi connectivity index (χ4n) is 1.85. The molecule has 0 amide bonds. The number of hydrogen-bond acceptors (Lipinski definition) is 2. The molecular formula is C11H20O4. The van der Waals surface area contributed by atoms with E-state index < -0.39 is 17.9 Å². The number of carbonyl (C=O) groups is 2. The Morgan fingerprint density at radius 2 is 1.80 bits per heavy atom. The van der Waals surface area contributed by atoms with Crippen LogP contribution in [-0.2, 0) is 9.59 Å². The molecule has 2 N–H and O–H groups in total. The highest BCUT2D eigenvalue weighted by atomic mass is 16.4. The lowest BCUT2D eigenvalue weighted by Crippen LogP contribution is -2.25. The van der Waals surface area contributed by atoms with Crippen LogP contribution in [0, 0.1) is 11.8 Å². The van der Waals surface area contributed by atoms with Crippen LogP contribution in [0.3, 0.4) is 0 Å². The van der Waals surface area contributed by atoms with Crippen LogP contribution >= 0.6 is 0 Å². The van der Waals surface area contributed by atoms with Crippen molar-refractivity contribution in [1.82, 2.24) is 0 Å². The van der Waals surface area contributed by atoms with E-state index in [9.17, 15) is 9.59 Å². The maximum Gasteiger partial charge on any atom is 0.306 e. The maximum absolute atomic E-state index is 10.9. The highest BCUT2D eigenvalue weighted by Gasteiger charge is 2.27. The standard InChI is InChI=1S/C11H20O4/c1-3-5-6-8(7-10(12)13)9(4-2)11(14)15/h8-9H,3-7H2,1-2H3,(H,12,13)(H,14,15). The summed E-state index contributed by atoms with van der Waals surface area (Å²) in [5.41, 5.74) is 0. The zero-order valence-corrected chi connectivity index (χ0v) is 9.40. The van der Waals surface area contributed by atoms with Gasteiger partial charge in [-0.25, -0.2) is 0 Å². The number of rotatable bonds is 8.